The number of nitrogens with zero attached hydrogens (tertiary/aromatic N) is 1. The topological polar surface area (TPSA) is 108 Å². The molecule has 0 bridgehead atoms. The average Bonchev–Trinajstić information content (AvgIpc) is 2.70. The molecule has 0 saturated carbocycles. The minimum absolute atomic E-state index is 0.00636. The van der Waals surface area contributed by atoms with Gasteiger partial charge in [-0.15, -0.1) is 0 Å². The Labute approximate surface area is 170 Å². The summed E-state index contributed by atoms with van der Waals surface area (Å²) in [5.74, 6) is -0.465. The van der Waals surface area contributed by atoms with Crippen molar-refractivity contribution >= 4 is 23.9 Å². The molecular weight excluding hydrogens is 376 g/mol. The van der Waals surface area contributed by atoms with Crippen LogP contribution < -0.4 is 15.2 Å². The van der Waals surface area contributed by atoms with Crippen molar-refractivity contribution in [3.05, 3.63) is 29.8 Å². The lowest BCUT2D eigenvalue weighted by Gasteiger charge is -2.33. The molecule has 8 heteroatoms. The molecule has 2 rings (SSSR count). The first kappa shape index (κ1) is 22.3. The summed E-state index contributed by atoms with van der Waals surface area (Å²) in [6, 6.07) is 4.64. The predicted molar refractivity (Wildman–Crippen MR) is 107 cm³/mol. The largest absolute Gasteiger partial charge is 0.493 e. The predicted octanol–water partition coefficient (Wildman–Crippen LogP) is 1.91. The van der Waals surface area contributed by atoms with Crippen molar-refractivity contribution in [2.24, 2.45) is 5.73 Å². The van der Waals surface area contributed by atoms with Gasteiger partial charge < -0.3 is 24.8 Å². The van der Waals surface area contributed by atoms with E-state index in [1.54, 1.807) is 24.3 Å². The van der Waals surface area contributed by atoms with E-state index in [0.717, 1.165) is 12.8 Å². The number of hydrogen-bond acceptors (Lipinski definition) is 6. The molecule has 0 unspecified atom stereocenters. The van der Waals surface area contributed by atoms with Gasteiger partial charge in [-0.05, 0) is 56.9 Å². The lowest BCUT2D eigenvalue weighted by atomic mass is 10.0. The number of amides is 2. The minimum atomic E-state index is -0.660. The fraction of sp³-hybridized carbons (Fsp3) is 0.476. The maximum Gasteiger partial charge on any atom is 0.331 e. The highest BCUT2D eigenvalue weighted by Gasteiger charge is 2.30. The first-order valence-corrected chi connectivity index (χ1v) is 9.60. The Morgan fingerprint density at radius 2 is 2.00 bits per heavy atom. The van der Waals surface area contributed by atoms with Crippen LogP contribution in [0.5, 0.6) is 11.5 Å². The highest BCUT2D eigenvalue weighted by atomic mass is 16.5. The number of nitrogens with two attached hydrogens (primary N) is 1. The summed E-state index contributed by atoms with van der Waals surface area (Å²) in [7, 11) is 1.54. The Bertz CT molecular complexity index is 774. The van der Waals surface area contributed by atoms with E-state index in [0.29, 0.717) is 30.0 Å². The molecule has 158 valence electrons. The number of methoxy groups -OCH3 is 1. The highest BCUT2D eigenvalue weighted by Crippen LogP contribution is 2.29. The molecule has 1 heterocycles. The van der Waals surface area contributed by atoms with Gasteiger partial charge in [-0.1, -0.05) is 6.07 Å². The van der Waals surface area contributed by atoms with E-state index in [2.05, 4.69) is 0 Å². The molecule has 2 amide bonds. The second-order valence-electron chi connectivity index (χ2n) is 7.02. The molecule has 0 radical (unpaired) electrons. The summed E-state index contributed by atoms with van der Waals surface area (Å²) in [6.07, 6.45) is 4.96. The van der Waals surface area contributed by atoms with Crippen LogP contribution in [-0.4, -0.2) is 55.1 Å². The van der Waals surface area contributed by atoms with Crippen molar-refractivity contribution in [2.45, 2.75) is 45.3 Å². The standard InChI is InChI=1S/C21H28N2O6/c1-14(2)29-17-9-7-15(12-18(17)27-3)8-10-20(25)28-13-19(24)23-11-5-4-6-16(23)21(22)26/h7-10,12,14,16H,4-6,11,13H2,1-3H3,(H2,22,26)/b10-8+/t16-/m0/s1. The first-order valence-electron chi connectivity index (χ1n) is 9.60. The first-order chi connectivity index (χ1) is 13.8. The number of piperidine rings is 1. The second-order valence-corrected chi connectivity index (χ2v) is 7.02. The van der Waals surface area contributed by atoms with Crippen LogP contribution in [0.15, 0.2) is 24.3 Å². The van der Waals surface area contributed by atoms with Crippen molar-refractivity contribution in [1.29, 1.82) is 0 Å². The molecule has 0 spiro atoms. The molecule has 8 nitrogen and oxygen atoms in total. The van der Waals surface area contributed by atoms with E-state index >= 15 is 0 Å². The van der Waals surface area contributed by atoms with E-state index in [-0.39, 0.29) is 6.10 Å². The minimum Gasteiger partial charge on any atom is -0.493 e. The Hall–Kier alpha value is -3.03. The number of carbonyl (C=O) groups excluding carboxylic acids is 3. The molecule has 1 aliphatic heterocycles. The number of carbonyl (C=O) groups is 3. The van der Waals surface area contributed by atoms with E-state index in [1.807, 2.05) is 13.8 Å². The zero-order chi connectivity index (χ0) is 21.4. The van der Waals surface area contributed by atoms with Crippen LogP contribution in [0.4, 0.5) is 0 Å². The highest BCUT2D eigenvalue weighted by molar-refractivity contribution is 5.91. The lowest BCUT2D eigenvalue weighted by Crippen LogP contribution is -2.51. The SMILES string of the molecule is COc1cc(/C=C/C(=O)OCC(=O)N2CCCC[C@H]2C(N)=O)ccc1OC(C)C. The zero-order valence-corrected chi connectivity index (χ0v) is 17.1. The summed E-state index contributed by atoms with van der Waals surface area (Å²) < 4.78 is 16.0. The molecule has 0 aromatic heterocycles. The number of rotatable bonds is 8. The number of ether oxygens (including phenoxy) is 3. The number of likely N-dealkylation sites (tertiary alicyclic amines) is 1. The third-order valence-electron chi connectivity index (χ3n) is 4.45. The van der Waals surface area contributed by atoms with Gasteiger partial charge in [0.15, 0.2) is 18.1 Å². The average molecular weight is 404 g/mol. The fourth-order valence-corrected chi connectivity index (χ4v) is 3.09. The van der Waals surface area contributed by atoms with Gasteiger partial charge in [-0.25, -0.2) is 4.79 Å². The summed E-state index contributed by atoms with van der Waals surface area (Å²) >= 11 is 0. The van der Waals surface area contributed by atoms with Crippen molar-refractivity contribution in [2.75, 3.05) is 20.3 Å². The summed E-state index contributed by atoms with van der Waals surface area (Å²) in [4.78, 5) is 37.1. The lowest BCUT2D eigenvalue weighted by molar-refractivity contribution is -0.151. The Balaban J connectivity index is 1.92. The number of esters is 1. The van der Waals surface area contributed by atoms with Crippen LogP contribution in [-0.2, 0) is 19.1 Å². The molecule has 29 heavy (non-hydrogen) atoms. The van der Waals surface area contributed by atoms with Gasteiger partial charge in [0.05, 0.1) is 13.2 Å². The molecule has 1 aromatic carbocycles. The molecule has 1 aromatic rings. The number of hydrogen-bond donors (Lipinski definition) is 1. The molecule has 1 aliphatic rings. The van der Waals surface area contributed by atoms with Gasteiger partial charge in [-0.2, -0.15) is 0 Å². The Morgan fingerprint density at radius 3 is 2.66 bits per heavy atom. The molecule has 1 fully saturated rings. The smallest absolute Gasteiger partial charge is 0.331 e. The van der Waals surface area contributed by atoms with Gasteiger partial charge in [0.2, 0.25) is 5.91 Å². The van der Waals surface area contributed by atoms with Crippen molar-refractivity contribution in [3.8, 4) is 11.5 Å². The van der Waals surface area contributed by atoms with Crippen molar-refractivity contribution < 1.29 is 28.6 Å². The summed E-state index contributed by atoms with van der Waals surface area (Å²) in [6.45, 7) is 3.84. The zero-order valence-electron chi connectivity index (χ0n) is 17.1. The van der Waals surface area contributed by atoms with E-state index < -0.39 is 30.4 Å². The van der Waals surface area contributed by atoms with E-state index in [1.165, 1.54) is 18.1 Å². The van der Waals surface area contributed by atoms with E-state index in [9.17, 15) is 14.4 Å². The van der Waals surface area contributed by atoms with Crippen molar-refractivity contribution in [3.63, 3.8) is 0 Å². The monoisotopic (exact) mass is 404 g/mol. The van der Waals surface area contributed by atoms with Crippen molar-refractivity contribution in [1.82, 2.24) is 4.90 Å². The number of benzene rings is 1. The van der Waals surface area contributed by atoms with Crippen LogP contribution in [0.1, 0.15) is 38.7 Å². The normalized spacial score (nSPS) is 16.7. The molecule has 1 atom stereocenters. The van der Waals surface area contributed by atoms with Crippen LogP contribution in [0.25, 0.3) is 6.08 Å². The second kappa shape index (κ2) is 10.5. The molecule has 0 aliphatic carbocycles. The Kier molecular flexibility index (Phi) is 8.06. The maximum absolute atomic E-state index is 12.3. The Morgan fingerprint density at radius 1 is 1.24 bits per heavy atom. The van der Waals surface area contributed by atoms with Gasteiger partial charge >= 0.3 is 5.97 Å². The van der Waals surface area contributed by atoms with Crippen LogP contribution >= 0.6 is 0 Å². The van der Waals surface area contributed by atoms with Gasteiger partial charge in [-0.3, -0.25) is 9.59 Å². The van der Waals surface area contributed by atoms with Gasteiger partial charge in [0.1, 0.15) is 6.04 Å². The summed E-state index contributed by atoms with van der Waals surface area (Å²) in [5, 5.41) is 0. The summed E-state index contributed by atoms with van der Waals surface area (Å²) in [5.41, 5.74) is 6.07. The molecule has 1 saturated heterocycles. The number of primary amides is 1. The fourth-order valence-electron chi connectivity index (χ4n) is 3.09. The van der Waals surface area contributed by atoms with Gasteiger partial charge in [0.25, 0.3) is 5.91 Å². The molecular formula is C21H28N2O6. The van der Waals surface area contributed by atoms with Crippen LogP contribution in [0, 0.1) is 0 Å². The third kappa shape index (κ3) is 6.51. The van der Waals surface area contributed by atoms with Gasteiger partial charge in [0, 0.05) is 12.6 Å². The van der Waals surface area contributed by atoms with Crippen LogP contribution in [0.3, 0.4) is 0 Å². The molecule has 2 N–H and O–H groups in total. The third-order valence-corrected chi connectivity index (χ3v) is 4.45. The maximum atomic E-state index is 12.3. The quantitative estimate of drug-likeness (QED) is 0.524. The van der Waals surface area contributed by atoms with Crippen LogP contribution in [0.2, 0.25) is 0 Å². The van der Waals surface area contributed by atoms with E-state index in [4.69, 9.17) is 19.9 Å².